The predicted octanol–water partition coefficient (Wildman–Crippen LogP) is 2.89. The Morgan fingerprint density at radius 2 is 2.11 bits per heavy atom. The van der Waals surface area contributed by atoms with Crippen LogP contribution in [-0.4, -0.2) is 31.0 Å². The molecule has 0 aromatic heterocycles. The number of methoxy groups -OCH3 is 1. The van der Waals surface area contributed by atoms with E-state index in [0.29, 0.717) is 18.2 Å². The molecule has 1 fully saturated rings. The molecule has 1 atom stereocenters. The van der Waals surface area contributed by atoms with Crippen molar-refractivity contribution >= 4 is 5.91 Å². The van der Waals surface area contributed by atoms with Gasteiger partial charge in [0.2, 0.25) is 5.91 Å². The van der Waals surface area contributed by atoms with Crippen molar-refractivity contribution in [3.05, 3.63) is 29.8 Å². The highest BCUT2D eigenvalue weighted by Gasteiger charge is 2.20. The minimum absolute atomic E-state index is 0.294. The van der Waals surface area contributed by atoms with Gasteiger partial charge >= 0.3 is 0 Å². The summed E-state index contributed by atoms with van der Waals surface area (Å²) in [6, 6.07) is 7.96. The molecule has 19 heavy (non-hydrogen) atoms. The number of amides is 1. The van der Waals surface area contributed by atoms with E-state index in [0.717, 1.165) is 31.7 Å². The summed E-state index contributed by atoms with van der Waals surface area (Å²) in [5.74, 6) is 1.81. The first kappa shape index (κ1) is 13.9. The number of ether oxygens (including phenoxy) is 1. The van der Waals surface area contributed by atoms with E-state index in [4.69, 9.17) is 4.74 Å². The third-order valence-corrected chi connectivity index (χ3v) is 3.80. The van der Waals surface area contributed by atoms with Crippen LogP contribution in [0, 0.1) is 5.92 Å². The van der Waals surface area contributed by atoms with Gasteiger partial charge in [-0.1, -0.05) is 19.1 Å². The summed E-state index contributed by atoms with van der Waals surface area (Å²) < 4.78 is 5.13. The first-order chi connectivity index (χ1) is 9.19. The maximum Gasteiger partial charge on any atom is 0.222 e. The van der Waals surface area contributed by atoms with Crippen LogP contribution < -0.4 is 4.74 Å². The van der Waals surface area contributed by atoms with Crippen LogP contribution in [0.25, 0.3) is 0 Å². The van der Waals surface area contributed by atoms with Gasteiger partial charge in [-0.05, 0) is 42.9 Å². The summed E-state index contributed by atoms with van der Waals surface area (Å²) in [5.41, 5.74) is 1.19. The van der Waals surface area contributed by atoms with Crippen molar-refractivity contribution in [2.45, 2.75) is 32.6 Å². The van der Waals surface area contributed by atoms with Crippen LogP contribution in [0.3, 0.4) is 0 Å². The molecular weight excluding hydrogens is 238 g/mol. The minimum Gasteiger partial charge on any atom is -0.497 e. The van der Waals surface area contributed by atoms with Crippen LogP contribution >= 0.6 is 0 Å². The summed E-state index contributed by atoms with van der Waals surface area (Å²) >= 11 is 0. The fourth-order valence-electron chi connectivity index (χ4n) is 2.62. The third kappa shape index (κ3) is 3.98. The summed E-state index contributed by atoms with van der Waals surface area (Å²) in [6.45, 7) is 4.09. The van der Waals surface area contributed by atoms with E-state index in [9.17, 15) is 4.79 Å². The van der Waals surface area contributed by atoms with E-state index in [1.54, 1.807) is 7.11 Å². The molecule has 0 spiro atoms. The van der Waals surface area contributed by atoms with Gasteiger partial charge in [-0.2, -0.15) is 0 Å². The SMILES string of the molecule is COc1ccc(CCC(=O)N2CCCC(C)C2)cc1. The molecule has 3 nitrogen and oxygen atoms in total. The van der Waals surface area contributed by atoms with Gasteiger partial charge in [-0.25, -0.2) is 0 Å². The van der Waals surface area contributed by atoms with Crippen LogP contribution in [-0.2, 0) is 11.2 Å². The van der Waals surface area contributed by atoms with Gasteiger partial charge in [-0.15, -0.1) is 0 Å². The molecular formula is C16H23NO2. The third-order valence-electron chi connectivity index (χ3n) is 3.80. The zero-order valence-electron chi connectivity index (χ0n) is 11.9. The number of nitrogens with zero attached hydrogens (tertiary/aromatic N) is 1. The average molecular weight is 261 g/mol. The second-order valence-corrected chi connectivity index (χ2v) is 5.44. The molecule has 1 saturated heterocycles. The number of carbonyl (C=O) groups is 1. The molecule has 3 heteroatoms. The Morgan fingerprint density at radius 1 is 1.37 bits per heavy atom. The Bertz CT molecular complexity index is 413. The molecule has 1 heterocycles. The number of hydrogen-bond donors (Lipinski definition) is 0. The predicted molar refractivity (Wildman–Crippen MR) is 76.3 cm³/mol. The highest BCUT2D eigenvalue weighted by molar-refractivity contribution is 5.76. The van der Waals surface area contributed by atoms with Gasteiger partial charge < -0.3 is 9.64 Å². The highest BCUT2D eigenvalue weighted by atomic mass is 16.5. The fraction of sp³-hybridized carbons (Fsp3) is 0.562. The quantitative estimate of drug-likeness (QED) is 0.834. The number of piperidine rings is 1. The Labute approximate surface area is 115 Å². The molecule has 1 aliphatic heterocycles. The molecule has 0 radical (unpaired) electrons. The van der Waals surface area contributed by atoms with E-state index < -0.39 is 0 Å². The van der Waals surface area contributed by atoms with Gasteiger partial charge in [0.05, 0.1) is 7.11 Å². The zero-order valence-corrected chi connectivity index (χ0v) is 11.9. The van der Waals surface area contributed by atoms with Gasteiger partial charge in [0.25, 0.3) is 0 Å². The van der Waals surface area contributed by atoms with Gasteiger partial charge in [0.1, 0.15) is 5.75 Å². The van der Waals surface area contributed by atoms with Crippen molar-refractivity contribution in [2.24, 2.45) is 5.92 Å². The molecule has 1 unspecified atom stereocenters. The standard InChI is InChI=1S/C16H23NO2/c1-13-4-3-11-17(12-13)16(18)10-7-14-5-8-15(19-2)9-6-14/h5-6,8-9,13H,3-4,7,10-12H2,1-2H3. The van der Waals surface area contributed by atoms with Crippen molar-refractivity contribution < 1.29 is 9.53 Å². The van der Waals surface area contributed by atoms with Crippen LogP contribution in [0.2, 0.25) is 0 Å². The Balaban J connectivity index is 1.82. The van der Waals surface area contributed by atoms with Crippen LogP contribution in [0.15, 0.2) is 24.3 Å². The highest BCUT2D eigenvalue weighted by Crippen LogP contribution is 2.17. The molecule has 0 N–H and O–H groups in total. The number of aryl methyl sites for hydroxylation is 1. The van der Waals surface area contributed by atoms with Crippen LogP contribution in [0.1, 0.15) is 31.7 Å². The molecule has 0 saturated carbocycles. The van der Waals surface area contributed by atoms with Gasteiger partial charge in [0.15, 0.2) is 0 Å². The smallest absolute Gasteiger partial charge is 0.222 e. The minimum atomic E-state index is 0.294. The molecule has 1 aromatic carbocycles. The normalized spacial score (nSPS) is 19.3. The summed E-state index contributed by atoms with van der Waals surface area (Å²) in [5, 5.41) is 0. The number of likely N-dealkylation sites (tertiary alicyclic amines) is 1. The lowest BCUT2D eigenvalue weighted by Crippen LogP contribution is -2.39. The van der Waals surface area contributed by atoms with E-state index in [1.165, 1.54) is 12.0 Å². The largest absolute Gasteiger partial charge is 0.497 e. The number of hydrogen-bond acceptors (Lipinski definition) is 2. The van der Waals surface area contributed by atoms with Gasteiger partial charge in [0, 0.05) is 19.5 Å². The maximum absolute atomic E-state index is 12.1. The fourth-order valence-corrected chi connectivity index (χ4v) is 2.62. The van der Waals surface area contributed by atoms with Crippen molar-refractivity contribution in [3.63, 3.8) is 0 Å². The summed E-state index contributed by atoms with van der Waals surface area (Å²) in [7, 11) is 1.66. The van der Waals surface area contributed by atoms with Crippen molar-refractivity contribution in [1.29, 1.82) is 0 Å². The molecule has 2 rings (SSSR count). The first-order valence-corrected chi connectivity index (χ1v) is 7.09. The lowest BCUT2D eigenvalue weighted by atomic mass is 9.99. The maximum atomic E-state index is 12.1. The molecule has 104 valence electrons. The number of carbonyl (C=O) groups excluding carboxylic acids is 1. The van der Waals surface area contributed by atoms with Crippen LogP contribution in [0.4, 0.5) is 0 Å². The van der Waals surface area contributed by atoms with Gasteiger partial charge in [-0.3, -0.25) is 4.79 Å². The lowest BCUT2D eigenvalue weighted by Gasteiger charge is -2.31. The second-order valence-electron chi connectivity index (χ2n) is 5.44. The molecule has 1 amide bonds. The zero-order chi connectivity index (χ0) is 13.7. The van der Waals surface area contributed by atoms with Crippen molar-refractivity contribution in [2.75, 3.05) is 20.2 Å². The monoisotopic (exact) mass is 261 g/mol. The second kappa shape index (κ2) is 6.60. The van der Waals surface area contributed by atoms with E-state index in [-0.39, 0.29) is 0 Å². The Morgan fingerprint density at radius 3 is 2.74 bits per heavy atom. The van der Waals surface area contributed by atoms with E-state index >= 15 is 0 Å². The molecule has 1 aromatic rings. The average Bonchev–Trinajstić information content (AvgIpc) is 2.45. The van der Waals surface area contributed by atoms with E-state index in [2.05, 4.69) is 6.92 Å². The number of rotatable bonds is 4. The van der Waals surface area contributed by atoms with Crippen LogP contribution in [0.5, 0.6) is 5.75 Å². The first-order valence-electron chi connectivity index (χ1n) is 7.09. The Hall–Kier alpha value is -1.51. The molecule has 1 aliphatic rings. The topological polar surface area (TPSA) is 29.5 Å². The number of benzene rings is 1. The Kier molecular flexibility index (Phi) is 4.83. The summed E-state index contributed by atoms with van der Waals surface area (Å²) in [6.07, 6.45) is 3.82. The van der Waals surface area contributed by atoms with E-state index in [1.807, 2.05) is 29.2 Å². The van der Waals surface area contributed by atoms with Crippen molar-refractivity contribution in [3.8, 4) is 5.75 Å². The summed E-state index contributed by atoms with van der Waals surface area (Å²) in [4.78, 5) is 14.2. The lowest BCUT2D eigenvalue weighted by molar-refractivity contribution is -0.132. The van der Waals surface area contributed by atoms with Crippen molar-refractivity contribution in [1.82, 2.24) is 4.90 Å². The molecule has 0 bridgehead atoms. The molecule has 0 aliphatic carbocycles.